The van der Waals surface area contributed by atoms with Gasteiger partial charge in [0.15, 0.2) is 17.3 Å². The van der Waals surface area contributed by atoms with E-state index in [-0.39, 0.29) is 5.78 Å². The molecule has 1 heterocycles. The number of carbonyl (C=O) groups excluding carboxylic acids is 1. The fourth-order valence-corrected chi connectivity index (χ4v) is 4.46. The van der Waals surface area contributed by atoms with Gasteiger partial charge in [0.05, 0.1) is 33.5 Å². The van der Waals surface area contributed by atoms with Crippen LogP contribution in [0.3, 0.4) is 0 Å². The van der Waals surface area contributed by atoms with Gasteiger partial charge in [-0.1, -0.05) is 42.0 Å². The van der Waals surface area contributed by atoms with Gasteiger partial charge in [-0.3, -0.25) is 4.79 Å². The van der Waals surface area contributed by atoms with Crippen LogP contribution in [0.25, 0.3) is 23.1 Å². The minimum Gasteiger partial charge on any atom is -0.495 e. The van der Waals surface area contributed by atoms with Crippen LogP contribution >= 0.6 is 11.6 Å². The molecule has 0 saturated heterocycles. The zero-order valence-corrected chi connectivity index (χ0v) is 22.6. The van der Waals surface area contributed by atoms with E-state index in [4.69, 9.17) is 30.5 Å². The first kappa shape index (κ1) is 26.7. The summed E-state index contributed by atoms with van der Waals surface area (Å²) in [4.78, 5) is 13.0. The summed E-state index contributed by atoms with van der Waals surface area (Å²) in [5, 5.41) is 4.57. The molecule has 0 unspecified atom stereocenters. The van der Waals surface area contributed by atoms with Gasteiger partial charge in [-0.25, -0.2) is 0 Å². The van der Waals surface area contributed by atoms with Crippen molar-refractivity contribution in [1.82, 2.24) is 4.57 Å². The largest absolute Gasteiger partial charge is 0.495 e. The van der Waals surface area contributed by atoms with Gasteiger partial charge in [0.1, 0.15) is 5.75 Å². The molecule has 0 atom stereocenters. The Bertz CT molecular complexity index is 1510. The Labute approximate surface area is 226 Å². The number of hydrogen-bond acceptors (Lipinski definition) is 6. The van der Waals surface area contributed by atoms with Crippen molar-refractivity contribution in [1.29, 1.82) is 0 Å². The van der Waals surface area contributed by atoms with Crippen LogP contribution in [0.15, 0.2) is 67.0 Å². The average Bonchev–Trinajstić information content (AvgIpc) is 3.28. The minimum atomic E-state index is -0.107. The number of aromatic nitrogens is 1. The molecule has 3 aromatic carbocycles. The summed E-state index contributed by atoms with van der Waals surface area (Å²) in [6.07, 6.45) is 8.76. The lowest BCUT2D eigenvalue weighted by atomic mass is 10.1. The number of aryl methyl sites for hydroxylation is 1. The molecule has 0 aliphatic heterocycles. The Kier molecular flexibility index (Phi) is 8.28. The third-order valence-corrected chi connectivity index (χ3v) is 6.40. The third kappa shape index (κ3) is 5.48. The third-order valence-electron chi connectivity index (χ3n) is 6.10. The Morgan fingerprint density at radius 1 is 0.895 bits per heavy atom. The molecule has 0 amide bonds. The zero-order chi connectivity index (χ0) is 27.2. The first-order valence-electron chi connectivity index (χ1n) is 11.8. The monoisotopic (exact) mass is 532 g/mol. The van der Waals surface area contributed by atoms with Gasteiger partial charge in [0.2, 0.25) is 5.75 Å². The SMILES string of the molecule is COc1cc(N/C=C\C(=O)c2cn(C)c3ccccc23)c(/C=C/c2cc(OC)c(OC)c(OC)c2)cc1Cl. The van der Waals surface area contributed by atoms with E-state index in [1.807, 2.05) is 66.4 Å². The number of fused-ring (bicyclic) bond motifs is 1. The van der Waals surface area contributed by atoms with Crippen LogP contribution in [-0.2, 0) is 7.05 Å². The second-order valence-electron chi connectivity index (χ2n) is 8.38. The first-order chi connectivity index (χ1) is 18.4. The second-order valence-corrected chi connectivity index (χ2v) is 8.79. The van der Waals surface area contributed by atoms with Gasteiger partial charge in [0, 0.05) is 53.7 Å². The van der Waals surface area contributed by atoms with E-state index in [0.717, 1.165) is 22.0 Å². The number of anilines is 1. The molecule has 0 fully saturated rings. The van der Waals surface area contributed by atoms with Gasteiger partial charge in [0.25, 0.3) is 0 Å². The number of nitrogens with zero attached hydrogens (tertiary/aromatic N) is 1. The number of rotatable bonds is 10. The van der Waals surface area contributed by atoms with Crippen molar-refractivity contribution in [2.45, 2.75) is 0 Å². The van der Waals surface area contributed by atoms with Crippen LogP contribution in [0.4, 0.5) is 5.69 Å². The van der Waals surface area contributed by atoms with E-state index in [1.54, 1.807) is 46.8 Å². The number of methoxy groups -OCH3 is 4. The smallest absolute Gasteiger partial charge is 0.203 e. The minimum absolute atomic E-state index is 0.107. The summed E-state index contributed by atoms with van der Waals surface area (Å²) in [6.45, 7) is 0. The van der Waals surface area contributed by atoms with E-state index >= 15 is 0 Å². The zero-order valence-electron chi connectivity index (χ0n) is 21.9. The number of allylic oxidation sites excluding steroid dienone is 1. The summed E-state index contributed by atoms with van der Waals surface area (Å²) < 4.78 is 23.7. The lowest BCUT2D eigenvalue weighted by Crippen LogP contribution is -1.98. The van der Waals surface area contributed by atoms with Crippen molar-refractivity contribution in [2.24, 2.45) is 7.05 Å². The normalized spacial score (nSPS) is 11.3. The van der Waals surface area contributed by atoms with E-state index in [2.05, 4.69) is 5.32 Å². The summed E-state index contributed by atoms with van der Waals surface area (Å²) in [7, 11) is 8.18. The van der Waals surface area contributed by atoms with Crippen molar-refractivity contribution in [3.05, 3.63) is 88.7 Å². The molecule has 1 N–H and O–H groups in total. The van der Waals surface area contributed by atoms with Crippen LogP contribution in [0, 0.1) is 0 Å². The molecule has 4 rings (SSSR count). The fourth-order valence-electron chi connectivity index (χ4n) is 4.21. The molecule has 0 aliphatic carbocycles. The quantitative estimate of drug-likeness (QED) is 0.137. The standard InChI is InChI=1S/C30H29ClN2O5/c1-33-18-22(21-8-6-7-9-25(21)33)26(34)12-13-32-24-17-27(35-2)23(31)16-20(24)11-10-19-14-28(36-3)30(38-5)29(15-19)37-4/h6-18,32H,1-5H3/b11-10+,13-12-. The van der Waals surface area contributed by atoms with E-state index < -0.39 is 0 Å². The predicted octanol–water partition coefficient (Wildman–Crippen LogP) is 6.85. The number of hydrogen-bond donors (Lipinski definition) is 1. The Morgan fingerprint density at radius 2 is 1.58 bits per heavy atom. The van der Waals surface area contributed by atoms with Crippen molar-refractivity contribution >= 4 is 46.1 Å². The van der Waals surface area contributed by atoms with Crippen molar-refractivity contribution in [3.8, 4) is 23.0 Å². The fraction of sp³-hybridized carbons (Fsp3) is 0.167. The molecule has 0 bridgehead atoms. The molecule has 0 aliphatic rings. The topological polar surface area (TPSA) is 71.0 Å². The molecule has 8 heteroatoms. The highest BCUT2D eigenvalue weighted by atomic mass is 35.5. The summed E-state index contributed by atoms with van der Waals surface area (Å²) in [5.41, 5.74) is 3.96. The average molecular weight is 533 g/mol. The van der Waals surface area contributed by atoms with Gasteiger partial charge in [-0.2, -0.15) is 0 Å². The highest BCUT2D eigenvalue weighted by Gasteiger charge is 2.13. The number of nitrogens with one attached hydrogen (secondary N) is 1. The van der Waals surface area contributed by atoms with Crippen LogP contribution in [0.2, 0.25) is 5.02 Å². The maximum Gasteiger partial charge on any atom is 0.203 e. The van der Waals surface area contributed by atoms with E-state index in [0.29, 0.717) is 39.3 Å². The number of carbonyl (C=O) groups is 1. The number of para-hydroxylation sites is 1. The molecule has 38 heavy (non-hydrogen) atoms. The highest BCUT2D eigenvalue weighted by molar-refractivity contribution is 6.32. The van der Waals surface area contributed by atoms with Crippen molar-refractivity contribution < 1.29 is 23.7 Å². The molecular weight excluding hydrogens is 504 g/mol. The molecule has 196 valence electrons. The van der Waals surface area contributed by atoms with Crippen molar-refractivity contribution in [3.63, 3.8) is 0 Å². The molecule has 0 radical (unpaired) electrons. The van der Waals surface area contributed by atoms with Crippen molar-refractivity contribution in [2.75, 3.05) is 33.8 Å². The first-order valence-corrected chi connectivity index (χ1v) is 12.1. The van der Waals surface area contributed by atoms with Crippen LogP contribution in [0.1, 0.15) is 21.5 Å². The molecule has 0 saturated carbocycles. The van der Waals surface area contributed by atoms with Crippen LogP contribution < -0.4 is 24.3 Å². The maximum atomic E-state index is 13.0. The Hall–Kier alpha value is -4.36. The lowest BCUT2D eigenvalue weighted by molar-refractivity contribution is 0.104. The highest BCUT2D eigenvalue weighted by Crippen LogP contribution is 2.39. The van der Waals surface area contributed by atoms with Gasteiger partial charge in [-0.05, 0) is 35.4 Å². The van der Waals surface area contributed by atoms with Gasteiger partial charge in [-0.15, -0.1) is 0 Å². The summed E-state index contributed by atoms with van der Waals surface area (Å²) in [6, 6.07) is 15.1. The summed E-state index contributed by atoms with van der Waals surface area (Å²) >= 11 is 6.42. The number of halogens is 1. The molecular formula is C30H29ClN2O5. The lowest BCUT2D eigenvalue weighted by Gasteiger charge is -2.13. The molecule has 1 aromatic heterocycles. The van der Waals surface area contributed by atoms with E-state index in [1.165, 1.54) is 6.08 Å². The molecule has 7 nitrogen and oxygen atoms in total. The van der Waals surface area contributed by atoms with E-state index in [9.17, 15) is 4.79 Å². The summed E-state index contributed by atoms with van der Waals surface area (Å²) in [5.74, 6) is 2.01. The number of ether oxygens (including phenoxy) is 4. The number of ketones is 1. The Morgan fingerprint density at radius 3 is 2.24 bits per heavy atom. The van der Waals surface area contributed by atoms with Gasteiger partial charge >= 0.3 is 0 Å². The van der Waals surface area contributed by atoms with Crippen LogP contribution in [0.5, 0.6) is 23.0 Å². The number of benzene rings is 3. The second kappa shape index (κ2) is 11.8. The Balaban J connectivity index is 1.63. The predicted molar refractivity (Wildman–Crippen MR) is 153 cm³/mol. The molecule has 0 spiro atoms. The van der Waals surface area contributed by atoms with Crippen LogP contribution in [-0.4, -0.2) is 38.8 Å². The maximum absolute atomic E-state index is 13.0. The molecule has 4 aromatic rings. The van der Waals surface area contributed by atoms with Gasteiger partial charge < -0.3 is 28.8 Å².